The highest BCUT2D eigenvalue weighted by molar-refractivity contribution is 6.01. The Hall–Kier alpha value is -1.26. The second-order valence-corrected chi connectivity index (χ2v) is 4.12. The highest BCUT2D eigenvalue weighted by Gasteiger charge is 2.19. The van der Waals surface area contributed by atoms with Crippen LogP contribution in [0.15, 0.2) is 5.16 Å². The Labute approximate surface area is 89.7 Å². The van der Waals surface area contributed by atoms with E-state index in [0.717, 1.165) is 12.3 Å². The summed E-state index contributed by atoms with van der Waals surface area (Å²) in [5.74, 6) is 0.00150. The van der Waals surface area contributed by atoms with E-state index in [9.17, 15) is 4.79 Å². The minimum atomic E-state index is -0.559. The van der Waals surface area contributed by atoms with Crippen molar-refractivity contribution in [3.63, 3.8) is 0 Å². The fourth-order valence-electron chi connectivity index (χ4n) is 1.55. The number of hydrogen-bond donors (Lipinski definition) is 3. The molecule has 0 aromatic heterocycles. The number of nitrogens with one attached hydrogen (secondary N) is 1. The second kappa shape index (κ2) is 5.58. The van der Waals surface area contributed by atoms with E-state index in [-0.39, 0.29) is 11.7 Å². The summed E-state index contributed by atoms with van der Waals surface area (Å²) in [5, 5.41) is 14.0. The molecule has 15 heavy (non-hydrogen) atoms. The Bertz CT molecular complexity index is 249. The Balaban J connectivity index is 2.16. The van der Waals surface area contributed by atoms with E-state index < -0.39 is 5.92 Å². The summed E-state index contributed by atoms with van der Waals surface area (Å²) in [5.41, 5.74) is 5.33. The molecule has 0 aliphatic heterocycles. The maximum absolute atomic E-state index is 11.4. The van der Waals surface area contributed by atoms with Gasteiger partial charge in [0.1, 0.15) is 0 Å². The molecule has 1 unspecified atom stereocenters. The molecule has 4 N–H and O–H groups in total. The molecule has 1 aliphatic rings. The van der Waals surface area contributed by atoms with Gasteiger partial charge in [-0.15, -0.1) is 0 Å². The molecule has 1 fully saturated rings. The molecule has 5 nitrogen and oxygen atoms in total. The van der Waals surface area contributed by atoms with Crippen LogP contribution in [0, 0.1) is 11.8 Å². The lowest BCUT2D eigenvalue weighted by Crippen LogP contribution is -2.38. The third-order valence-electron chi connectivity index (χ3n) is 3.03. The van der Waals surface area contributed by atoms with Gasteiger partial charge in [-0.25, -0.2) is 0 Å². The molecule has 1 amide bonds. The second-order valence-electron chi connectivity index (χ2n) is 4.12. The average Bonchev–Trinajstić information content (AvgIpc) is 2.19. The summed E-state index contributed by atoms with van der Waals surface area (Å²) in [4.78, 5) is 11.4. The monoisotopic (exact) mass is 213 g/mol. The van der Waals surface area contributed by atoms with Crippen molar-refractivity contribution in [2.24, 2.45) is 22.7 Å². The molecule has 0 heterocycles. The first-order valence-corrected chi connectivity index (χ1v) is 5.40. The molecule has 0 bridgehead atoms. The number of hydrogen-bond acceptors (Lipinski definition) is 3. The van der Waals surface area contributed by atoms with E-state index in [1.165, 1.54) is 19.3 Å². The summed E-state index contributed by atoms with van der Waals surface area (Å²) in [6, 6.07) is 0. The van der Waals surface area contributed by atoms with Crippen molar-refractivity contribution < 1.29 is 10.0 Å². The quantitative estimate of drug-likeness (QED) is 0.271. The number of oxime groups is 1. The molecule has 0 aromatic rings. The number of nitrogens with zero attached hydrogens (tertiary/aromatic N) is 1. The van der Waals surface area contributed by atoms with Crippen LogP contribution in [0.5, 0.6) is 0 Å². The van der Waals surface area contributed by atoms with Crippen molar-refractivity contribution in [1.29, 1.82) is 0 Å². The van der Waals surface area contributed by atoms with Gasteiger partial charge >= 0.3 is 0 Å². The Kier molecular flexibility index (Phi) is 4.39. The maximum atomic E-state index is 11.4. The van der Waals surface area contributed by atoms with Gasteiger partial charge in [0.2, 0.25) is 5.91 Å². The topological polar surface area (TPSA) is 87.7 Å². The van der Waals surface area contributed by atoms with E-state index in [0.29, 0.717) is 6.54 Å². The van der Waals surface area contributed by atoms with Crippen LogP contribution in [-0.4, -0.2) is 23.5 Å². The predicted molar refractivity (Wildman–Crippen MR) is 57.5 cm³/mol. The fraction of sp³-hybridized carbons (Fsp3) is 0.800. The number of amidine groups is 1. The minimum Gasteiger partial charge on any atom is -0.409 e. The summed E-state index contributed by atoms with van der Waals surface area (Å²) in [6.07, 6.45) is 4.92. The Morgan fingerprint density at radius 3 is 2.80 bits per heavy atom. The van der Waals surface area contributed by atoms with Crippen LogP contribution in [0.3, 0.4) is 0 Å². The lowest BCUT2D eigenvalue weighted by Gasteiger charge is -2.25. The van der Waals surface area contributed by atoms with Gasteiger partial charge < -0.3 is 16.3 Å². The van der Waals surface area contributed by atoms with Crippen molar-refractivity contribution >= 4 is 11.7 Å². The smallest absolute Gasteiger partial charge is 0.230 e. The van der Waals surface area contributed by atoms with Gasteiger partial charge in [0, 0.05) is 6.54 Å². The highest BCUT2D eigenvalue weighted by atomic mass is 16.4. The van der Waals surface area contributed by atoms with Crippen molar-refractivity contribution in [1.82, 2.24) is 5.32 Å². The molecular weight excluding hydrogens is 194 g/mol. The largest absolute Gasteiger partial charge is 0.409 e. The summed E-state index contributed by atoms with van der Waals surface area (Å²) in [7, 11) is 0. The fourth-order valence-corrected chi connectivity index (χ4v) is 1.55. The van der Waals surface area contributed by atoms with E-state index in [2.05, 4.69) is 10.5 Å². The van der Waals surface area contributed by atoms with Crippen LogP contribution in [0.2, 0.25) is 0 Å². The number of rotatable bonds is 5. The third kappa shape index (κ3) is 3.42. The van der Waals surface area contributed by atoms with Crippen LogP contribution in [0.1, 0.15) is 32.6 Å². The first-order valence-electron chi connectivity index (χ1n) is 5.40. The Morgan fingerprint density at radius 2 is 2.33 bits per heavy atom. The molecule has 1 aliphatic carbocycles. The third-order valence-corrected chi connectivity index (χ3v) is 3.03. The van der Waals surface area contributed by atoms with Gasteiger partial charge in [-0.1, -0.05) is 24.4 Å². The molecular formula is C10H19N3O2. The molecule has 0 aromatic carbocycles. The predicted octanol–water partition coefficient (Wildman–Crippen LogP) is 0.675. The first kappa shape index (κ1) is 11.8. The van der Waals surface area contributed by atoms with Gasteiger partial charge in [-0.3, -0.25) is 4.79 Å². The maximum Gasteiger partial charge on any atom is 0.230 e. The van der Waals surface area contributed by atoms with Gasteiger partial charge in [-0.05, 0) is 19.3 Å². The molecule has 1 saturated carbocycles. The van der Waals surface area contributed by atoms with Crippen molar-refractivity contribution in [3.8, 4) is 0 Å². The highest BCUT2D eigenvalue weighted by Crippen LogP contribution is 2.28. The van der Waals surface area contributed by atoms with Crippen molar-refractivity contribution in [2.75, 3.05) is 6.54 Å². The molecule has 0 saturated heterocycles. The van der Waals surface area contributed by atoms with Crippen molar-refractivity contribution in [2.45, 2.75) is 32.6 Å². The van der Waals surface area contributed by atoms with E-state index >= 15 is 0 Å². The molecule has 1 atom stereocenters. The lowest BCUT2D eigenvalue weighted by atomic mass is 9.83. The summed E-state index contributed by atoms with van der Waals surface area (Å²) < 4.78 is 0. The molecule has 0 spiro atoms. The SMILES string of the molecule is CC(C(=O)NCCC1CCC1)C(N)=NO. The number of carbonyl (C=O) groups excluding carboxylic acids is 1. The number of nitrogens with two attached hydrogens (primary N) is 1. The van der Waals surface area contributed by atoms with Crippen LogP contribution in [-0.2, 0) is 4.79 Å². The van der Waals surface area contributed by atoms with Gasteiger partial charge in [0.25, 0.3) is 0 Å². The molecule has 1 rings (SSSR count). The van der Waals surface area contributed by atoms with Crippen LogP contribution >= 0.6 is 0 Å². The summed E-state index contributed by atoms with van der Waals surface area (Å²) in [6.45, 7) is 2.31. The van der Waals surface area contributed by atoms with Crippen molar-refractivity contribution in [3.05, 3.63) is 0 Å². The van der Waals surface area contributed by atoms with Gasteiger partial charge in [-0.2, -0.15) is 0 Å². The average molecular weight is 213 g/mol. The standard InChI is InChI=1S/C10H19N3O2/c1-7(9(11)13-15)10(14)12-6-5-8-3-2-4-8/h7-8,15H,2-6H2,1H3,(H2,11,13)(H,12,14). The van der Waals surface area contributed by atoms with E-state index in [1.54, 1.807) is 6.92 Å². The zero-order chi connectivity index (χ0) is 11.3. The minimum absolute atomic E-state index is 0.0452. The number of amides is 1. The van der Waals surface area contributed by atoms with E-state index in [1.807, 2.05) is 0 Å². The van der Waals surface area contributed by atoms with Crippen LogP contribution in [0.25, 0.3) is 0 Å². The first-order chi connectivity index (χ1) is 7.15. The van der Waals surface area contributed by atoms with Gasteiger partial charge in [0.15, 0.2) is 5.84 Å². The summed E-state index contributed by atoms with van der Waals surface area (Å²) >= 11 is 0. The van der Waals surface area contributed by atoms with E-state index in [4.69, 9.17) is 10.9 Å². The van der Waals surface area contributed by atoms with Gasteiger partial charge in [0.05, 0.1) is 5.92 Å². The van der Waals surface area contributed by atoms with Crippen LogP contribution in [0.4, 0.5) is 0 Å². The van der Waals surface area contributed by atoms with Crippen LogP contribution < -0.4 is 11.1 Å². The molecule has 5 heteroatoms. The normalized spacial score (nSPS) is 19.4. The zero-order valence-electron chi connectivity index (χ0n) is 9.07. The molecule has 86 valence electrons. The lowest BCUT2D eigenvalue weighted by molar-refractivity contribution is -0.122. The molecule has 0 radical (unpaired) electrons. The number of carbonyl (C=O) groups is 1. The Morgan fingerprint density at radius 1 is 1.67 bits per heavy atom. The zero-order valence-corrected chi connectivity index (χ0v) is 9.07.